The van der Waals surface area contributed by atoms with Crippen molar-refractivity contribution >= 4 is 27.4 Å². The van der Waals surface area contributed by atoms with Crippen LogP contribution in [0.4, 0.5) is 0 Å². The second-order valence-corrected chi connectivity index (χ2v) is 3.58. The van der Waals surface area contributed by atoms with Crippen molar-refractivity contribution in [2.45, 2.75) is 0 Å². The number of carboxylic acid groups (broad SMARTS) is 1. The maximum absolute atomic E-state index is 10.3. The number of ether oxygens (including phenoxy) is 1. The number of carboxylic acids is 1. The van der Waals surface area contributed by atoms with Crippen molar-refractivity contribution in [2.24, 2.45) is 0 Å². The minimum absolute atomic E-state index is 0.359. The number of nitrogens with zero attached hydrogens (tertiary/aromatic N) is 1. The largest absolute Gasteiger partial charge is 0.479 e. The van der Waals surface area contributed by atoms with E-state index in [9.17, 15) is 4.79 Å². The minimum Gasteiger partial charge on any atom is -0.479 e. The topological polar surface area (TPSA) is 59.4 Å². The minimum atomic E-state index is -1.00. The van der Waals surface area contributed by atoms with Crippen LogP contribution < -0.4 is 4.74 Å². The Balaban J connectivity index is 2.32. The van der Waals surface area contributed by atoms with E-state index in [1.165, 1.54) is 0 Å². The molecule has 2 aromatic rings. The predicted octanol–water partition coefficient (Wildman–Crippen LogP) is 1.76. The summed E-state index contributed by atoms with van der Waals surface area (Å²) in [4.78, 5) is 14.3. The van der Waals surface area contributed by atoms with Crippen LogP contribution in [0.15, 0.2) is 23.7 Å². The summed E-state index contributed by atoms with van der Waals surface area (Å²) >= 11 is 1.57. The lowest BCUT2D eigenvalue weighted by Crippen LogP contribution is -2.10. The highest BCUT2D eigenvalue weighted by Gasteiger charge is 2.05. The molecule has 0 saturated carbocycles. The highest BCUT2D eigenvalue weighted by Crippen LogP contribution is 2.27. The molecule has 0 bridgehead atoms. The Kier molecular flexibility index (Phi) is 2.32. The molecule has 0 fully saturated rings. The fourth-order valence-corrected chi connectivity index (χ4v) is 1.89. The average molecular weight is 209 g/mol. The summed E-state index contributed by atoms with van der Waals surface area (Å²) in [5.74, 6) is -0.620. The second kappa shape index (κ2) is 3.63. The second-order valence-electron chi connectivity index (χ2n) is 2.63. The summed E-state index contributed by atoms with van der Waals surface area (Å²) in [6.45, 7) is -0.359. The first-order valence-electron chi connectivity index (χ1n) is 3.94. The molecule has 0 spiro atoms. The van der Waals surface area contributed by atoms with Gasteiger partial charge in [0.25, 0.3) is 0 Å². The van der Waals surface area contributed by atoms with Gasteiger partial charge in [-0.25, -0.2) is 9.78 Å². The summed E-state index contributed by atoms with van der Waals surface area (Å²) in [6, 6.07) is 3.73. The number of fused-ring (bicyclic) bond motifs is 1. The first-order valence-corrected chi connectivity index (χ1v) is 4.82. The number of carbonyl (C=O) groups is 1. The number of thiophene rings is 1. The molecule has 0 aliphatic heterocycles. The molecule has 0 atom stereocenters. The molecular weight excluding hydrogens is 202 g/mol. The summed E-state index contributed by atoms with van der Waals surface area (Å²) < 4.78 is 6.08. The molecule has 5 heteroatoms. The number of pyridine rings is 1. The molecule has 72 valence electrons. The zero-order valence-electron chi connectivity index (χ0n) is 7.14. The van der Waals surface area contributed by atoms with Crippen LogP contribution in [0.3, 0.4) is 0 Å². The molecule has 1 N–H and O–H groups in total. The zero-order chi connectivity index (χ0) is 9.97. The lowest BCUT2D eigenvalue weighted by molar-refractivity contribution is -0.139. The maximum atomic E-state index is 10.3. The van der Waals surface area contributed by atoms with Crippen LogP contribution in [-0.4, -0.2) is 22.7 Å². The van der Waals surface area contributed by atoms with Gasteiger partial charge in [0.2, 0.25) is 5.88 Å². The van der Waals surface area contributed by atoms with E-state index in [2.05, 4.69) is 4.98 Å². The predicted molar refractivity (Wildman–Crippen MR) is 52.8 cm³/mol. The normalized spacial score (nSPS) is 10.3. The Morgan fingerprint density at radius 1 is 1.57 bits per heavy atom. The van der Waals surface area contributed by atoms with Crippen LogP contribution in [0.1, 0.15) is 0 Å². The lowest BCUT2D eigenvalue weighted by atomic mass is 10.3. The van der Waals surface area contributed by atoms with Gasteiger partial charge < -0.3 is 9.84 Å². The third kappa shape index (κ3) is 1.67. The molecule has 2 heterocycles. The Morgan fingerprint density at radius 2 is 2.43 bits per heavy atom. The quantitative estimate of drug-likeness (QED) is 0.836. The number of aliphatic carboxylic acids is 1. The average Bonchev–Trinajstić information content (AvgIpc) is 2.62. The summed E-state index contributed by atoms with van der Waals surface area (Å²) in [5.41, 5.74) is 0. The molecular formula is C9H7NO3S. The van der Waals surface area contributed by atoms with Gasteiger partial charge in [-0.3, -0.25) is 0 Å². The van der Waals surface area contributed by atoms with Crippen LogP contribution in [0.25, 0.3) is 10.1 Å². The molecule has 4 nitrogen and oxygen atoms in total. The standard InChI is InChI=1S/C9H7NO3S/c11-8(12)5-13-9-6-2-4-14-7(6)1-3-10-9/h1-4H,5H2,(H,11,12). The van der Waals surface area contributed by atoms with E-state index in [1.54, 1.807) is 17.5 Å². The summed E-state index contributed by atoms with van der Waals surface area (Å²) in [5, 5.41) is 11.2. The van der Waals surface area contributed by atoms with Crippen LogP contribution in [-0.2, 0) is 4.79 Å². The molecule has 0 saturated heterocycles. The molecule has 14 heavy (non-hydrogen) atoms. The molecule has 0 aliphatic carbocycles. The van der Waals surface area contributed by atoms with Gasteiger partial charge >= 0.3 is 5.97 Å². The van der Waals surface area contributed by atoms with Gasteiger partial charge in [0.1, 0.15) is 0 Å². The first kappa shape index (κ1) is 8.96. The summed E-state index contributed by atoms with van der Waals surface area (Å²) in [6.07, 6.45) is 1.61. The van der Waals surface area contributed by atoms with E-state index in [0.717, 1.165) is 10.1 Å². The van der Waals surface area contributed by atoms with Gasteiger partial charge in [0.15, 0.2) is 6.61 Å². The van der Waals surface area contributed by atoms with E-state index in [-0.39, 0.29) is 6.61 Å². The molecule has 0 aromatic carbocycles. The van der Waals surface area contributed by atoms with E-state index in [0.29, 0.717) is 5.88 Å². The zero-order valence-corrected chi connectivity index (χ0v) is 7.95. The summed E-state index contributed by atoms with van der Waals surface area (Å²) in [7, 11) is 0. The van der Waals surface area contributed by atoms with Crippen molar-refractivity contribution in [1.82, 2.24) is 4.98 Å². The van der Waals surface area contributed by atoms with Crippen LogP contribution in [0.5, 0.6) is 5.88 Å². The number of aromatic nitrogens is 1. The van der Waals surface area contributed by atoms with Gasteiger partial charge in [0, 0.05) is 10.9 Å². The van der Waals surface area contributed by atoms with Gasteiger partial charge in [-0.05, 0) is 17.5 Å². The smallest absolute Gasteiger partial charge is 0.341 e. The van der Waals surface area contributed by atoms with E-state index < -0.39 is 5.97 Å². The van der Waals surface area contributed by atoms with Gasteiger partial charge in [-0.2, -0.15) is 0 Å². The highest BCUT2D eigenvalue weighted by molar-refractivity contribution is 7.17. The van der Waals surface area contributed by atoms with E-state index in [4.69, 9.17) is 9.84 Å². The number of hydrogen-bond donors (Lipinski definition) is 1. The Morgan fingerprint density at radius 3 is 3.21 bits per heavy atom. The SMILES string of the molecule is O=C(O)COc1nccc2sccc12. The fourth-order valence-electron chi connectivity index (χ4n) is 1.11. The molecule has 2 rings (SSSR count). The highest BCUT2D eigenvalue weighted by atomic mass is 32.1. The molecule has 0 radical (unpaired) electrons. The first-order chi connectivity index (χ1) is 6.77. The van der Waals surface area contributed by atoms with Crippen LogP contribution >= 0.6 is 11.3 Å². The Labute approximate surface area is 83.8 Å². The Bertz CT molecular complexity index is 466. The monoisotopic (exact) mass is 209 g/mol. The number of hydrogen-bond acceptors (Lipinski definition) is 4. The molecule has 0 unspecified atom stereocenters. The van der Waals surface area contributed by atoms with Crippen LogP contribution in [0, 0.1) is 0 Å². The lowest BCUT2D eigenvalue weighted by Gasteiger charge is -2.02. The van der Waals surface area contributed by atoms with Crippen molar-refractivity contribution in [1.29, 1.82) is 0 Å². The van der Waals surface area contributed by atoms with Crippen molar-refractivity contribution in [3.8, 4) is 5.88 Å². The third-order valence-corrected chi connectivity index (χ3v) is 2.56. The van der Waals surface area contributed by atoms with Gasteiger partial charge in [-0.15, -0.1) is 11.3 Å². The van der Waals surface area contributed by atoms with Gasteiger partial charge in [0.05, 0.1) is 5.39 Å². The van der Waals surface area contributed by atoms with E-state index in [1.807, 2.05) is 17.5 Å². The number of rotatable bonds is 3. The third-order valence-electron chi connectivity index (χ3n) is 1.68. The molecule has 0 amide bonds. The van der Waals surface area contributed by atoms with Crippen molar-refractivity contribution < 1.29 is 14.6 Å². The van der Waals surface area contributed by atoms with Gasteiger partial charge in [-0.1, -0.05) is 0 Å². The molecule has 2 aromatic heterocycles. The van der Waals surface area contributed by atoms with Crippen molar-refractivity contribution in [3.63, 3.8) is 0 Å². The van der Waals surface area contributed by atoms with Crippen LogP contribution in [0.2, 0.25) is 0 Å². The van der Waals surface area contributed by atoms with Crippen molar-refractivity contribution in [3.05, 3.63) is 23.7 Å². The maximum Gasteiger partial charge on any atom is 0.341 e. The van der Waals surface area contributed by atoms with Crippen molar-refractivity contribution in [2.75, 3.05) is 6.61 Å². The van der Waals surface area contributed by atoms with E-state index >= 15 is 0 Å². The fraction of sp³-hybridized carbons (Fsp3) is 0.111. The molecule has 0 aliphatic rings. The Hall–Kier alpha value is -1.62.